The molecule has 2 aromatic carbocycles. The molecule has 1 aliphatic heterocycles. The van der Waals surface area contributed by atoms with E-state index in [9.17, 15) is 13.2 Å². The summed E-state index contributed by atoms with van der Waals surface area (Å²) in [6.07, 6.45) is 2.57. The van der Waals surface area contributed by atoms with Crippen LogP contribution in [0.4, 0.5) is 11.4 Å². The molecular weight excluding hydrogens is 356 g/mol. The maximum absolute atomic E-state index is 13.3. The first-order valence-corrected chi connectivity index (χ1v) is 10.6. The molecule has 0 aliphatic carbocycles. The third-order valence-electron chi connectivity index (χ3n) is 4.18. The molecule has 0 radical (unpaired) electrons. The van der Waals surface area contributed by atoms with Gasteiger partial charge in [0.25, 0.3) is 10.0 Å². The fourth-order valence-corrected chi connectivity index (χ4v) is 5.41. The van der Waals surface area contributed by atoms with Crippen LogP contribution in [0.15, 0.2) is 52.3 Å². The van der Waals surface area contributed by atoms with Crippen LogP contribution in [-0.2, 0) is 21.2 Å². The predicted octanol–water partition coefficient (Wildman–Crippen LogP) is 3.51. The van der Waals surface area contributed by atoms with Crippen LogP contribution >= 0.6 is 11.8 Å². The van der Waals surface area contributed by atoms with Crippen molar-refractivity contribution >= 4 is 39.1 Å². The third kappa shape index (κ3) is 3.26. The monoisotopic (exact) mass is 376 g/mol. The smallest absolute Gasteiger partial charge is 0.264 e. The lowest BCUT2D eigenvalue weighted by Crippen LogP contribution is -2.35. The van der Waals surface area contributed by atoms with E-state index in [1.54, 1.807) is 12.1 Å². The molecule has 25 heavy (non-hydrogen) atoms. The molecule has 1 N–H and O–H groups in total. The van der Waals surface area contributed by atoms with Gasteiger partial charge in [0.05, 0.1) is 16.3 Å². The van der Waals surface area contributed by atoms with E-state index >= 15 is 0 Å². The lowest BCUT2D eigenvalue weighted by Gasteiger charge is -2.25. The number of sulfonamides is 1. The Bertz CT molecular complexity index is 926. The van der Waals surface area contributed by atoms with Crippen molar-refractivity contribution in [3.63, 3.8) is 0 Å². The van der Waals surface area contributed by atoms with Gasteiger partial charge in [0.1, 0.15) is 0 Å². The molecule has 1 atom stereocenters. The summed E-state index contributed by atoms with van der Waals surface area (Å²) in [5.74, 6) is -0.232. The zero-order chi connectivity index (χ0) is 18.2. The van der Waals surface area contributed by atoms with Crippen LogP contribution < -0.4 is 9.62 Å². The summed E-state index contributed by atoms with van der Waals surface area (Å²) >= 11 is 1.45. The lowest BCUT2D eigenvalue weighted by molar-refractivity contribution is -0.114. The molecule has 0 unspecified atom stereocenters. The fourth-order valence-electron chi connectivity index (χ4n) is 3.15. The highest BCUT2D eigenvalue weighted by molar-refractivity contribution is 7.98. The summed E-state index contributed by atoms with van der Waals surface area (Å²) in [6, 6.07) is 12.3. The Kier molecular flexibility index (Phi) is 4.79. The SMILES string of the molecule is CSc1ccc(S(=O)(=O)N2c3ccccc3C[C@@H]2C)cc1NC(C)=O. The van der Waals surface area contributed by atoms with Crippen LogP contribution in [0, 0.1) is 0 Å². The summed E-state index contributed by atoms with van der Waals surface area (Å²) in [5.41, 5.74) is 2.27. The Morgan fingerprint density at radius 3 is 2.64 bits per heavy atom. The number of carbonyl (C=O) groups excluding carboxylic acids is 1. The van der Waals surface area contributed by atoms with Gasteiger partial charge in [-0.05, 0) is 49.4 Å². The number of hydrogen-bond acceptors (Lipinski definition) is 4. The van der Waals surface area contributed by atoms with Crippen LogP contribution in [-0.4, -0.2) is 26.6 Å². The minimum absolute atomic E-state index is 0.146. The van der Waals surface area contributed by atoms with Crippen molar-refractivity contribution < 1.29 is 13.2 Å². The number of thioether (sulfide) groups is 1. The van der Waals surface area contributed by atoms with Crippen LogP contribution in [0.3, 0.4) is 0 Å². The molecule has 2 aromatic rings. The van der Waals surface area contributed by atoms with E-state index in [1.165, 1.54) is 29.1 Å². The molecule has 132 valence electrons. The van der Waals surface area contributed by atoms with Crippen LogP contribution in [0.5, 0.6) is 0 Å². The van der Waals surface area contributed by atoms with E-state index in [0.29, 0.717) is 12.1 Å². The summed E-state index contributed by atoms with van der Waals surface area (Å²) in [7, 11) is -3.71. The summed E-state index contributed by atoms with van der Waals surface area (Å²) in [6.45, 7) is 3.31. The highest BCUT2D eigenvalue weighted by Crippen LogP contribution is 2.38. The van der Waals surface area contributed by atoms with Crippen LogP contribution in [0.2, 0.25) is 0 Å². The minimum atomic E-state index is -3.71. The van der Waals surface area contributed by atoms with Crippen molar-refractivity contribution in [1.82, 2.24) is 0 Å². The number of carbonyl (C=O) groups is 1. The number of rotatable bonds is 4. The molecule has 5 nitrogen and oxygen atoms in total. The fraction of sp³-hybridized carbons (Fsp3) is 0.278. The lowest BCUT2D eigenvalue weighted by atomic mass is 10.1. The van der Waals surface area contributed by atoms with Crippen molar-refractivity contribution in [3.8, 4) is 0 Å². The summed E-state index contributed by atoms with van der Waals surface area (Å²) in [5, 5.41) is 2.72. The molecule has 0 bridgehead atoms. The average Bonchev–Trinajstić information content (AvgIpc) is 2.90. The van der Waals surface area contributed by atoms with Gasteiger partial charge in [0.15, 0.2) is 0 Å². The predicted molar refractivity (Wildman–Crippen MR) is 102 cm³/mol. The Labute approximate surface area is 152 Å². The Balaban J connectivity index is 2.08. The highest BCUT2D eigenvalue weighted by Gasteiger charge is 2.36. The second-order valence-corrected chi connectivity index (χ2v) is 8.69. The minimum Gasteiger partial charge on any atom is -0.325 e. The quantitative estimate of drug-likeness (QED) is 0.830. The van der Waals surface area contributed by atoms with E-state index < -0.39 is 10.0 Å². The number of benzene rings is 2. The second-order valence-electron chi connectivity index (χ2n) is 6.03. The van der Waals surface area contributed by atoms with E-state index in [4.69, 9.17) is 0 Å². The molecular formula is C18H20N2O3S2. The van der Waals surface area contributed by atoms with Gasteiger partial charge in [-0.2, -0.15) is 0 Å². The van der Waals surface area contributed by atoms with E-state index in [-0.39, 0.29) is 16.8 Å². The van der Waals surface area contributed by atoms with Gasteiger partial charge < -0.3 is 5.32 Å². The molecule has 0 aromatic heterocycles. The van der Waals surface area contributed by atoms with Gasteiger partial charge in [0.2, 0.25) is 5.91 Å². The Morgan fingerprint density at radius 1 is 1.24 bits per heavy atom. The number of nitrogens with one attached hydrogen (secondary N) is 1. The normalized spacial score (nSPS) is 16.6. The molecule has 1 heterocycles. The second kappa shape index (κ2) is 6.72. The van der Waals surface area contributed by atoms with Crippen molar-refractivity contribution in [3.05, 3.63) is 48.0 Å². The van der Waals surface area contributed by atoms with Crippen molar-refractivity contribution in [2.45, 2.75) is 36.1 Å². The van der Waals surface area contributed by atoms with E-state index in [1.807, 2.05) is 37.4 Å². The molecule has 1 aliphatic rings. The molecule has 0 saturated heterocycles. The number of anilines is 2. The molecule has 0 spiro atoms. The largest absolute Gasteiger partial charge is 0.325 e. The number of fused-ring (bicyclic) bond motifs is 1. The third-order valence-corrected chi connectivity index (χ3v) is 6.90. The first-order valence-electron chi connectivity index (χ1n) is 7.92. The highest BCUT2D eigenvalue weighted by atomic mass is 32.2. The Morgan fingerprint density at radius 2 is 1.96 bits per heavy atom. The summed E-state index contributed by atoms with van der Waals surface area (Å²) in [4.78, 5) is 12.4. The van der Waals surface area contributed by atoms with Crippen molar-refractivity contribution in [2.24, 2.45) is 0 Å². The topological polar surface area (TPSA) is 66.5 Å². The van der Waals surface area contributed by atoms with Crippen LogP contribution in [0.1, 0.15) is 19.4 Å². The zero-order valence-corrected chi connectivity index (χ0v) is 15.9. The number of hydrogen-bond donors (Lipinski definition) is 1. The van der Waals surface area contributed by atoms with Gasteiger partial charge in [-0.1, -0.05) is 18.2 Å². The molecule has 0 saturated carbocycles. The molecule has 3 rings (SSSR count). The average molecular weight is 377 g/mol. The van der Waals surface area contributed by atoms with Crippen molar-refractivity contribution in [2.75, 3.05) is 15.9 Å². The molecule has 7 heteroatoms. The number of nitrogens with zero attached hydrogens (tertiary/aromatic N) is 1. The van der Waals surface area contributed by atoms with E-state index in [0.717, 1.165) is 16.1 Å². The molecule has 0 fully saturated rings. The first kappa shape index (κ1) is 17.8. The molecule has 1 amide bonds. The number of para-hydroxylation sites is 1. The van der Waals surface area contributed by atoms with Gasteiger partial charge in [-0.3, -0.25) is 9.10 Å². The maximum atomic E-state index is 13.3. The Hall–Kier alpha value is -1.99. The number of amides is 1. The van der Waals surface area contributed by atoms with Gasteiger partial charge >= 0.3 is 0 Å². The first-order chi connectivity index (χ1) is 11.8. The van der Waals surface area contributed by atoms with Gasteiger partial charge in [0, 0.05) is 17.9 Å². The maximum Gasteiger partial charge on any atom is 0.264 e. The van der Waals surface area contributed by atoms with Crippen LogP contribution in [0.25, 0.3) is 0 Å². The van der Waals surface area contributed by atoms with Gasteiger partial charge in [-0.25, -0.2) is 8.42 Å². The van der Waals surface area contributed by atoms with Crippen molar-refractivity contribution in [1.29, 1.82) is 0 Å². The van der Waals surface area contributed by atoms with E-state index in [2.05, 4.69) is 5.32 Å². The van der Waals surface area contributed by atoms with Gasteiger partial charge in [-0.15, -0.1) is 11.8 Å². The standard InChI is InChI=1S/C18H20N2O3S2/c1-12-10-14-6-4-5-7-17(14)20(12)25(22,23)15-8-9-18(24-3)16(11-15)19-13(2)21/h4-9,11-12H,10H2,1-3H3,(H,19,21)/t12-/m0/s1. The zero-order valence-electron chi connectivity index (χ0n) is 14.3. The summed E-state index contributed by atoms with van der Waals surface area (Å²) < 4.78 is 28.0.